The molecule has 0 amide bonds. The molecule has 1 aromatic rings. The SMILES string of the molecule is FC(F)(F)c1cccc([CH]=[Hf+2])c1. The quantitative estimate of drug-likeness (QED) is 0.691. The molecule has 0 radical (unpaired) electrons. The summed E-state index contributed by atoms with van der Waals surface area (Å²) in [6, 6.07) is 5.33. The minimum absolute atomic E-state index is 0.577. The molecule has 0 aliphatic heterocycles. The Morgan fingerprint density at radius 2 is 1.92 bits per heavy atom. The van der Waals surface area contributed by atoms with Gasteiger partial charge >= 0.3 is 82.4 Å². The molecule has 0 aliphatic carbocycles. The second kappa shape index (κ2) is 3.64. The van der Waals surface area contributed by atoms with Crippen molar-refractivity contribution in [1.82, 2.24) is 0 Å². The zero-order chi connectivity index (χ0) is 9.19. The zero-order valence-electron chi connectivity index (χ0n) is 6.02. The molecule has 0 bridgehead atoms. The second-order valence-corrected chi connectivity index (χ2v) is 3.30. The summed E-state index contributed by atoms with van der Waals surface area (Å²) in [7, 11) is 0. The summed E-state index contributed by atoms with van der Waals surface area (Å²) in [4.78, 5) is 0. The van der Waals surface area contributed by atoms with Gasteiger partial charge in [0.2, 0.25) is 0 Å². The average Bonchev–Trinajstić information content (AvgIpc) is 2.03. The molecule has 60 valence electrons. The van der Waals surface area contributed by atoms with Crippen LogP contribution in [0.5, 0.6) is 0 Å². The maximum absolute atomic E-state index is 12.1. The third-order valence-electron chi connectivity index (χ3n) is 1.38. The van der Waals surface area contributed by atoms with Crippen molar-refractivity contribution in [2.45, 2.75) is 6.18 Å². The molecule has 0 fully saturated rings. The van der Waals surface area contributed by atoms with Gasteiger partial charge in [0.25, 0.3) is 0 Å². The van der Waals surface area contributed by atoms with Crippen LogP contribution in [0.1, 0.15) is 11.1 Å². The first-order valence-corrected chi connectivity index (χ1v) is 5.29. The Morgan fingerprint density at radius 3 is 2.42 bits per heavy atom. The summed E-state index contributed by atoms with van der Waals surface area (Å²) in [6.07, 6.45) is -4.22. The van der Waals surface area contributed by atoms with Gasteiger partial charge in [0.05, 0.1) is 0 Å². The minimum atomic E-state index is -4.22. The van der Waals surface area contributed by atoms with Gasteiger partial charge in [-0.2, -0.15) is 0 Å². The van der Waals surface area contributed by atoms with Crippen molar-refractivity contribution in [3.05, 3.63) is 35.4 Å². The van der Waals surface area contributed by atoms with E-state index in [1.807, 2.05) is 0 Å². The molecule has 0 aliphatic rings. The summed E-state index contributed by atoms with van der Waals surface area (Å²) < 4.78 is 38.1. The Hall–Kier alpha value is -0.250. The standard InChI is InChI=1S/C8H5F3.Hf/c1-6-3-2-4-7(5-6)8(9,10)11;/h1-5H;/q;+2. The van der Waals surface area contributed by atoms with E-state index < -0.39 is 11.7 Å². The maximum atomic E-state index is 12.1. The second-order valence-electron chi connectivity index (χ2n) is 2.27. The van der Waals surface area contributed by atoms with Crippen molar-refractivity contribution in [2.75, 3.05) is 0 Å². The average molecular weight is 337 g/mol. The first-order chi connectivity index (χ1) is 5.54. The third kappa shape index (κ3) is 2.37. The van der Waals surface area contributed by atoms with Crippen molar-refractivity contribution in [1.29, 1.82) is 0 Å². The normalized spacial score (nSPS) is 11.4. The topological polar surface area (TPSA) is 0 Å². The Bertz CT molecular complexity index is 291. The van der Waals surface area contributed by atoms with Gasteiger partial charge < -0.3 is 0 Å². The van der Waals surface area contributed by atoms with Gasteiger partial charge in [-0.3, -0.25) is 0 Å². The molecule has 4 heteroatoms. The van der Waals surface area contributed by atoms with Crippen LogP contribution in [0.15, 0.2) is 24.3 Å². The molecule has 1 rings (SSSR count). The number of hydrogen-bond donors (Lipinski definition) is 0. The zero-order valence-corrected chi connectivity index (χ0v) is 9.61. The molecular formula is C8H5F3Hf+2. The molecule has 0 aromatic heterocycles. The number of alkyl halides is 3. The predicted molar refractivity (Wildman–Crippen MR) is 36.6 cm³/mol. The van der Waals surface area contributed by atoms with E-state index in [4.69, 9.17) is 0 Å². The van der Waals surface area contributed by atoms with Crippen molar-refractivity contribution in [3.63, 3.8) is 0 Å². The molecule has 0 atom stereocenters. The fourth-order valence-electron chi connectivity index (χ4n) is 0.805. The molecule has 12 heavy (non-hydrogen) atoms. The van der Waals surface area contributed by atoms with E-state index in [1.54, 1.807) is 9.82 Å². The van der Waals surface area contributed by atoms with E-state index >= 15 is 0 Å². The van der Waals surface area contributed by atoms with Crippen molar-refractivity contribution in [2.24, 2.45) is 0 Å². The van der Waals surface area contributed by atoms with Gasteiger partial charge in [-0.1, -0.05) is 0 Å². The summed E-state index contributed by atoms with van der Waals surface area (Å²) >= 11 is 0.769. The number of benzene rings is 1. The monoisotopic (exact) mass is 338 g/mol. The molecule has 0 N–H and O–H groups in total. The van der Waals surface area contributed by atoms with E-state index in [0.29, 0.717) is 5.56 Å². The van der Waals surface area contributed by atoms with Gasteiger partial charge in [0.15, 0.2) is 0 Å². The van der Waals surface area contributed by atoms with E-state index in [1.165, 1.54) is 6.07 Å². The van der Waals surface area contributed by atoms with E-state index in [2.05, 4.69) is 0 Å². The first-order valence-electron chi connectivity index (χ1n) is 3.22. The molecule has 0 unspecified atom stereocenters. The number of rotatable bonds is 1. The van der Waals surface area contributed by atoms with Crippen LogP contribution >= 0.6 is 0 Å². The first kappa shape index (κ1) is 9.84. The van der Waals surface area contributed by atoms with E-state index in [-0.39, 0.29) is 0 Å². The number of halogens is 3. The van der Waals surface area contributed by atoms with Crippen LogP contribution in [-0.2, 0) is 30.1 Å². The van der Waals surface area contributed by atoms with Crippen LogP contribution < -0.4 is 0 Å². The van der Waals surface area contributed by atoms with Gasteiger partial charge in [0, 0.05) is 0 Å². The molecule has 0 spiro atoms. The molecule has 0 saturated heterocycles. The van der Waals surface area contributed by atoms with Crippen molar-refractivity contribution < 1.29 is 37.1 Å². The molecule has 0 nitrogen and oxygen atoms in total. The summed E-state index contributed by atoms with van der Waals surface area (Å²) in [5.41, 5.74) is 0.0728. The van der Waals surface area contributed by atoms with Gasteiger partial charge in [-0.25, -0.2) is 0 Å². The predicted octanol–water partition coefficient (Wildman–Crippen LogP) is 2.40. The Labute approximate surface area is 82.4 Å². The Kier molecular flexibility index (Phi) is 2.99. The summed E-state index contributed by atoms with van der Waals surface area (Å²) in [5.74, 6) is 0. The number of hydrogen-bond acceptors (Lipinski definition) is 0. The van der Waals surface area contributed by atoms with Crippen molar-refractivity contribution >= 4 is 3.76 Å². The fraction of sp³-hybridized carbons (Fsp3) is 0.125. The van der Waals surface area contributed by atoms with Crippen molar-refractivity contribution in [3.8, 4) is 0 Å². The van der Waals surface area contributed by atoms with Gasteiger partial charge in [0.1, 0.15) is 0 Å². The Morgan fingerprint density at radius 1 is 1.25 bits per heavy atom. The third-order valence-corrected chi connectivity index (χ3v) is 2.58. The van der Waals surface area contributed by atoms with Gasteiger partial charge in [-0.15, -0.1) is 0 Å². The molecule has 1 aromatic carbocycles. The van der Waals surface area contributed by atoms with Crippen LogP contribution in [-0.4, -0.2) is 3.76 Å². The van der Waals surface area contributed by atoms with Crippen LogP contribution in [0.2, 0.25) is 0 Å². The van der Waals surface area contributed by atoms with Crippen LogP contribution in [0, 0.1) is 0 Å². The molecule has 0 saturated carbocycles. The van der Waals surface area contributed by atoms with Crippen LogP contribution in [0.25, 0.3) is 0 Å². The van der Waals surface area contributed by atoms with Crippen LogP contribution in [0.3, 0.4) is 0 Å². The summed E-state index contributed by atoms with van der Waals surface area (Å²) in [6.45, 7) is 0. The van der Waals surface area contributed by atoms with E-state index in [9.17, 15) is 13.2 Å². The summed E-state index contributed by atoms with van der Waals surface area (Å²) in [5, 5.41) is 0. The van der Waals surface area contributed by atoms with Crippen LogP contribution in [0.4, 0.5) is 13.2 Å². The Balaban J connectivity index is 3.10. The molecule has 0 heterocycles. The fourth-order valence-corrected chi connectivity index (χ4v) is 1.45. The molecular weight excluding hydrogens is 332 g/mol. The van der Waals surface area contributed by atoms with E-state index in [0.717, 1.165) is 36.0 Å². The van der Waals surface area contributed by atoms with Gasteiger partial charge in [-0.05, 0) is 0 Å².